The van der Waals surface area contributed by atoms with Crippen molar-refractivity contribution in [3.05, 3.63) is 53.3 Å². The minimum absolute atomic E-state index is 0.249. The van der Waals surface area contributed by atoms with Gasteiger partial charge in [0.1, 0.15) is 11.6 Å². The first-order valence-electron chi connectivity index (χ1n) is 7.25. The third kappa shape index (κ3) is 2.68. The summed E-state index contributed by atoms with van der Waals surface area (Å²) in [6, 6.07) is 10.4. The minimum Gasteiger partial charge on any atom is -0.493 e. The zero-order chi connectivity index (χ0) is 14.8. The molecule has 0 radical (unpaired) electrons. The monoisotopic (exact) mass is 284 g/mol. The zero-order valence-electron chi connectivity index (χ0n) is 11.9. The van der Waals surface area contributed by atoms with Gasteiger partial charge in [0.2, 0.25) is 0 Å². The van der Waals surface area contributed by atoms with Crippen LogP contribution in [0.1, 0.15) is 41.6 Å². The van der Waals surface area contributed by atoms with Crippen LogP contribution in [0.3, 0.4) is 0 Å². The normalized spacial score (nSPS) is 14.0. The smallest absolute Gasteiger partial charge is 0.153 e. The number of ether oxygens (including phenoxy) is 1. The fourth-order valence-corrected chi connectivity index (χ4v) is 2.63. The summed E-state index contributed by atoms with van der Waals surface area (Å²) in [5.74, 6) is 0.699. The Kier molecular flexibility index (Phi) is 3.74. The molecule has 1 aliphatic rings. The van der Waals surface area contributed by atoms with Crippen LogP contribution in [0.15, 0.2) is 36.4 Å². The van der Waals surface area contributed by atoms with Gasteiger partial charge in [-0.1, -0.05) is 18.2 Å². The van der Waals surface area contributed by atoms with E-state index in [0.717, 1.165) is 30.3 Å². The van der Waals surface area contributed by atoms with Crippen molar-refractivity contribution in [2.75, 3.05) is 6.61 Å². The summed E-state index contributed by atoms with van der Waals surface area (Å²) in [6.45, 7) is 2.34. The van der Waals surface area contributed by atoms with Crippen molar-refractivity contribution in [1.82, 2.24) is 0 Å². The maximum Gasteiger partial charge on any atom is 0.153 e. The lowest BCUT2D eigenvalue weighted by Gasteiger charge is -2.15. The summed E-state index contributed by atoms with van der Waals surface area (Å²) in [4.78, 5) is 11.3. The van der Waals surface area contributed by atoms with Crippen LogP contribution >= 0.6 is 0 Å². The molecule has 0 aliphatic heterocycles. The Morgan fingerprint density at radius 1 is 1.24 bits per heavy atom. The van der Waals surface area contributed by atoms with Gasteiger partial charge in [0.15, 0.2) is 6.29 Å². The number of hydrogen-bond acceptors (Lipinski definition) is 2. The lowest BCUT2D eigenvalue weighted by molar-refractivity contribution is 0.112. The van der Waals surface area contributed by atoms with Gasteiger partial charge in [0.05, 0.1) is 12.2 Å². The number of aldehydes is 1. The highest BCUT2D eigenvalue weighted by atomic mass is 19.1. The summed E-state index contributed by atoms with van der Waals surface area (Å²) in [6.07, 6.45) is 2.99. The highest BCUT2D eigenvalue weighted by molar-refractivity contribution is 5.84. The number of halogens is 1. The SMILES string of the molecule is CCOc1cc(-c2ccccc2F)c(C2CC2)cc1C=O. The second kappa shape index (κ2) is 5.68. The Balaban J connectivity index is 2.19. The predicted octanol–water partition coefficient (Wildman–Crippen LogP) is 4.58. The Morgan fingerprint density at radius 3 is 2.62 bits per heavy atom. The average Bonchev–Trinajstić information content (AvgIpc) is 3.32. The highest BCUT2D eigenvalue weighted by Gasteiger charge is 2.28. The molecule has 0 atom stereocenters. The molecule has 3 heteroatoms. The molecular weight excluding hydrogens is 267 g/mol. The van der Waals surface area contributed by atoms with Gasteiger partial charge in [0, 0.05) is 5.56 Å². The van der Waals surface area contributed by atoms with Gasteiger partial charge in [-0.3, -0.25) is 4.79 Å². The van der Waals surface area contributed by atoms with Crippen LogP contribution in [-0.4, -0.2) is 12.9 Å². The van der Waals surface area contributed by atoms with E-state index >= 15 is 0 Å². The van der Waals surface area contributed by atoms with Gasteiger partial charge in [-0.25, -0.2) is 4.39 Å². The molecule has 21 heavy (non-hydrogen) atoms. The van der Waals surface area contributed by atoms with Crippen LogP contribution in [0, 0.1) is 5.82 Å². The largest absolute Gasteiger partial charge is 0.493 e. The third-order valence-electron chi connectivity index (χ3n) is 3.79. The van der Waals surface area contributed by atoms with E-state index in [0.29, 0.717) is 29.4 Å². The first kappa shape index (κ1) is 13.8. The van der Waals surface area contributed by atoms with Gasteiger partial charge in [-0.15, -0.1) is 0 Å². The van der Waals surface area contributed by atoms with E-state index in [1.807, 2.05) is 19.1 Å². The molecule has 0 aromatic heterocycles. The molecule has 108 valence electrons. The second-order valence-corrected chi connectivity index (χ2v) is 5.28. The van der Waals surface area contributed by atoms with Crippen molar-refractivity contribution in [2.24, 2.45) is 0 Å². The molecule has 0 bridgehead atoms. The molecule has 1 saturated carbocycles. The fraction of sp³-hybridized carbons (Fsp3) is 0.278. The lowest BCUT2D eigenvalue weighted by atomic mass is 9.94. The van der Waals surface area contributed by atoms with Gasteiger partial charge >= 0.3 is 0 Å². The van der Waals surface area contributed by atoms with Crippen molar-refractivity contribution in [1.29, 1.82) is 0 Å². The molecule has 0 saturated heterocycles. The molecule has 0 spiro atoms. The first-order valence-corrected chi connectivity index (χ1v) is 7.25. The standard InChI is InChI=1S/C18H17FO2/c1-2-21-18-10-16(14-5-3-4-6-17(14)19)15(12-7-8-12)9-13(18)11-20/h3-6,9-12H,2,7-8H2,1H3. The van der Waals surface area contributed by atoms with Crippen molar-refractivity contribution in [3.63, 3.8) is 0 Å². The van der Waals surface area contributed by atoms with E-state index < -0.39 is 0 Å². The Labute approximate surface area is 123 Å². The van der Waals surface area contributed by atoms with E-state index in [1.54, 1.807) is 18.2 Å². The molecule has 1 fully saturated rings. The Bertz CT molecular complexity index is 675. The lowest BCUT2D eigenvalue weighted by Crippen LogP contribution is -2.00. The summed E-state index contributed by atoms with van der Waals surface area (Å²) in [5, 5.41) is 0. The summed E-state index contributed by atoms with van der Waals surface area (Å²) in [7, 11) is 0. The summed E-state index contributed by atoms with van der Waals surface area (Å²) >= 11 is 0. The van der Waals surface area contributed by atoms with Crippen LogP contribution in [0.5, 0.6) is 5.75 Å². The summed E-state index contributed by atoms with van der Waals surface area (Å²) < 4.78 is 19.7. The van der Waals surface area contributed by atoms with Crippen LogP contribution in [0.2, 0.25) is 0 Å². The number of benzene rings is 2. The third-order valence-corrected chi connectivity index (χ3v) is 3.79. The zero-order valence-corrected chi connectivity index (χ0v) is 11.9. The fourth-order valence-electron chi connectivity index (χ4n) is 2.63. The van der Waals surface area contributed by atoms with E-state index in [2.05, 4.69) is 0 Å². The van der Waals surface area contributed by atoms with E-state index in [-0.39, 0.29) is 5.82 Å². The molecular formula is C18H17FO2. The Morgan fingerprint density at radius 2 is 2.00 bits per heavy atom. The molecule has 0 N–H and O–H groups in total. The van der Waals surface area contributed by atoms with Crippen LogP contribution in [-0.2, 0) is 0 Å². The van der Waals surface area contributed by atoms with Gasteiger partial charge in [0.25, 0.3) is 0 Å². The first-order chi connectivity index (χ1) is 10.2. The average molecular weight is 284 g/mol. The van der Waals surface area contributed by atoms with Crippen molar-refractivity contribution >= 4 is 6.29 Å². The van der Waals surface area contributed by atoms with E-state index in [1.165, 1.54) is 6.07 Å². The van der Waals surface area contributed by atoms with Gasteiger partial charge in [-0.05, 0) is 55.0 Å². The topological polar surface area (TPSA) is 26.3 Å². The highest BCUT2D eigenvalue weighted by Crippen LogP contribution is 2.46. The molecule has 0 heterocycles. The quantitative estimate of drug-likeness (QED) is 0.751. The van der Waals surface area contributed by atoms with Gasteiger partial charge in [-0.2, -0.15) is 0 Å². The molecule has 0 amide bonds. The minimum atomic E-state index is -0.249. The number of carbonyl (C=O) groups is 1. The van der Waals surface area contributed by atoms with Crippen LogP contribution in [0.25, 0.3) is 11.1 Å². The van der Waals surface area contributed by atoms with E-state index in [9.17, 15) is 9.18 Å². The molecule has 1 aliphatic carbocycles. The number of carbonyl (C=O) groups excluding carboxylic acids is 1. The molecule has 2 aromatic rings. The Hall–Kier alpha value is -2.16. The summed E-state index contributed by atoms with van der Waals surface area (Å²) in [5.41, 5.74) is 2.99. The van der Waals surface area contributed by atoms with Gasteiger partial charge < -0.3 is 4.74 Å². The maximum absolute atomic E-state index is 14.1. The maximum atomic E-state index is 14.1. The van der Waals surface area contributed by atoms with Crippen molar-refractivity contribution in [2.45, 2.75) is 25.7 Å². The van der Waals surface area contributed by atoms with Crippen molar-refractivity contribution < 1.29 is 13.9 Å². The number of rotatable bonds is 5. The second-order valence-electron chi connectivity index (χ2n) is 5.28. The van der Waals surface area contributed by atoms with Crippen molar-refractivity contribution in [3.8, 4) is 16.9 Å². The molecule has 3 rings (SSSR count). The number of hydrogen-bond donors (Lipinski definition) is 0. The van der Waals surface area contributed by atoms with E-state index in [4.69, 9.17) is 4.74 Å². The predicted molar refractivity (Wildman–Crippen MR) is 80.4 cm³/mol. The molecule has 2 nitrogen and oxygen atoms in total. The van der Waals surface area contributed by atoms with Crippen LogP contribution < -0.4 is 4.74 Å². The van der Waals surface area contributed by atoms with Crippen LogP contribution in [0.4, 0.5) is 4.39 Å². The molecule has 2 aromatic carbocycles. The molecule has 0 unspecified atom stereocenters.